The van der Waals surface area contributed by atoms with Gasteiger partial charge in [0.1, 0.15) is 40.6 Å². The zero-order valence-corrected chi connectivity index (χ0v) is 17.0. The van der Waals surface area contributed by atoms with Crippen molar-refractivity contribution in [2.24, 2.45) is 0 Å². The minimum atomic E-state index is -0.975. The zero-order valence-electron chi connectivity index (χ0n) is 15.3. The molecule has 1 fully saturated rings. The van der Waals surface area contributed by atoms with E-state index >= 15 is 0 Å². The van der Waals surface area contributed by atoms with E-state index < -0.39 is 34.6 Å². The molecule has 1 atom stereocenters. The van der Waals surface area contributed by atoms with E-state index in [2.05, 4.69) is 20.0 Å². The van der Waals surface area contributed by atoms with Gasteiger partial charge in [0.15, 0.2) is 0 Å². The molecule has 0 saturated carbocycles. The van der Waals surface area contributed by atoms with E-state index in [9.17, 15) is 18.0 Å². The Hall–Kier alpha value is -2.69. The number of benzene rings is 1. The number of ether oxygens (including phenoxy) is 1. The second kappa shape index (κ2) is 9.41. The number of aromatic nitrogens is 2. The van der Waals surface area contributed by atoms with Crippen LogP contribution in [0.3, 0.4) is 0 Å². The molecule has 30 heavy (non-hydrogen) atoms. The van der Waals surface area contributed by atoms with E-state index in [4.69, 9.17) is 4.74 Å². The predicted molar refractivity (Wildman–Crippen MR) is 109 cm³/mol. The first-order chi connectivity index (χ1) is 14.0. The van der Waals surface area contributed by atoms with Crippen molar-refractivity contribution in [2.45, 2.75) is 12.5 Å². The Morgan fingerprint density at radius 3 is 2.63 bits per heavy atom. The number of pyridine rings is 1. The maximum Gasteiger partial charge on any atom is 0.274 e. The van der Waals surface area contributed by atoms with Crippen molar-refractivity contribution in [1.82, 2.24) is 14.7 Å². The molecular formula is C19H16ClF3N4O2S. The molecule has 4 rings (SSSR count). The molecule has 1 aliphatic heterocycles. The predicted octanol–water partition coefficient (Wildman–Crippen LogP) is 4.04. The molecule has 0 spiro atoms. The molecule has 2 aromatic heterocycles. The standard InChI is InChI=1S/C19H15F3N4O2S.ClH/c20-11-2-1-3-12(21)16(11)17-13(22)4-5-14(25-17)18(27)26-15-9-24-29-19(15)28-10-6-7-23-8-10;/h1-5,9-10,23H,6-8H2,(H,26,27);1H. The van der Waals surface area contributed by atoms with Gasteiger partial charge in [0, 0.05) is 18.1 Å². The molecule has 11 heteroatoms. The van der Waals surface area contributed by atoms with E-state index in [1.165, 1.54) is 6.20 Å². The van der Waals surface area contributed by atoms with E-state index in [0.29, 0.717) is 17.3 Å². The summed E-state index contributed by atoms with van der Waals surface area (Å²) in [5.74, 6) is -3.58. The molecule has 1 amide bonds. The molecular weight excluding hydrogens is 441 g/mol. The van der Waals surface area contributed by atoms with Crippen molar-refractivity contribution >= 4 is 35.5 Å². The Labute approximate surface area is 180 Å². The van der Waals surface area contributed by atoms with Crippen molar-refractivity contribution in [3.05, 3.63) is 59.7 Å². The van der Waals surface area contributed by atoms with Crippen LogP contribution in [0.1, 0.15) is 16.9 Å². The summed E-state index contributed by atoms with van der Waals surface area (Å²) in [5.41, 5.74) is -1.07. The fourth-order valence-corrected chi connectivity index (χ4v) is 3.57. The van der Waals surface area contributed by atoms with Crippen molar-refractivity contribution < 1.29 is 22.7 Å². The summed E-state index contributed by atoms with van der Waals surface area (Å²) >= 11 is 1.09. The highest BCUT2D eigenvalue weighted by atomic mass is 35.5. The lowest BCUT2D eigenvalue weighted by molar-refractivity contribution is 0.102. The third-order valence-electron chi connectivity index (χ3n) is 4.35. The molecule has 3 heterocycles. The molecule has 1 unspecified atom stereocenters. The van der Waals surface area contributed by atoms with Gasteiger partial charge in [-0.15, -0.1) is 12.4 Å². The molecule has 158 valence electrons. The molecule has 1 aromatic carbocycles. The number of amides is 1. The summed E-state index contributed by atoms with van der Waals surface area (Å²) in [7, 11) is 0. The van der Waals surface area contributed by atoms with Crippen LogP contribution in [0.25, 0.3) is 11.3 Å². The van der Waals surface area contributed by atoms with Crippen LogP contribution in [0.15, 0.2) is 36.5 Å². The van der Waals surface area contributed by atoms with Gasteiger partial charge in [0.05, 0.1) is 11.8 Å². The van der Waals surface area contributed by atoms with Crippen molar-refractivity contribution in [3.8, 4) is 16.3 Å². The number of nitrogens with one attached hydrogen (secondary N) is 2. The maximum atomic E-state index is 14.2. The highest BCUT2D eigenvalue weighted by molar-refractivity contribution is 7.08. The van der Waals surface area contributed by atoms with Crippen LogP contribution in [0.2, 0.25) is 0 Å². The van der Waals surface area contributed by atoms with Crippen LogP contribution in [0.4, 0.5) is 18.9 Å². The number of hydrogen-bond acceptors (Lipinski definition) is 6. The highest BCUT2D eigenvalue weighted by Gasteiger charge is 2.22. The lowest BCUT2D eigenvalue weighted by Gasteiger charge is -2.12. The number of anilines is 1. The van der Waals surface area contributed by atoms with Crippen LogP contribution in [0, 0.1) is 17.5 Å². The van der Waals surface area contributed by atoms with Crippen LogP contribution in [0.5, 0.6) is 5.06 Å². The average molecular weight is 457 g/mol. The smallest absolute Gasteiger partial charge is 0.274 e. The number of halogens is 4. The third kappa shape index (κ3) is 4.55. The number of carbonyl (C=O) groups is 1. The second-order valence-electron chi connectivity index (χ2n) is 6.34. The van der Waals surface area contributed by atoms with E-state index in [1.807, 2.05) is 0 Å². The molecule has 2 N–H and O–H groups in total. The van der Waals surface area contributed by atoms with Crippen LogP contribution < -0.4 is 15.4 Å². The van der Waals surface area contributed by atoms with Gasteiger partial charge in [-0.1, -0.05) is 6.07 Å². The molecule has 1 saturated heterocycles. The Balaban J connectivity index is 0.00000256. The minimum absolute atomic E-state index is 0. The molecule has 0 radical (unpaired) electrons. The fraction of sp³-hybridized carbons (Fsp3) is 0.211. The van der Waals surface area contributed by atoms with Gasteiger partial charge < -0.3 is 15.4 Å². The molecule has 1 aliphatic rings. The van der Waals surface area contributed by atoms with E-state index in [-0.39, 0.29) is 24.2 Å². The molecule has 3 aromatic rings. The minimum Gasteiger partial charge on any atom is -0.477 e. The van der Waals surface area contributed by atoms with Gasteiger partial charge in [0.25, 0.3) is 5.91 Å². The normalized spacial score (nSPS) is 15.5. The lowest BCUT2D eigenvalue weighted by atomic mass is 10.1. The van der Waals surface area contributed by atoms with Gasteiger partial charge in [-0.05, 0) is 37.2 Å². The summed E-state index contributed by atoms with van der Waals surface area (Å²) in [6.07, 6.45) is 2.24. The fourth-order valence-electron chi connectivity index (χ4n) is 2.93. The van der Waals surface area contributed by atoms with Crippen LogP contribution in [-0.4, -0.2) is 34.5 Å². The topological polar surface area (TPSA) is 76.1 Å². The summed E-state index contributed by atoms with van der Waals surface area (Å²) < 4.78 is 52.1. The first-order valence-corrected chi connectivity index (χ1v) is 9.54. The van der Waals surface area contributed by atoms with Crippen molar-refractivity contribution in [1.29, 1.82) is 0 Å². The van der Waals surface area contributed by atoms with Crippen LogP contribution >= 0.6 is 23.9 Å². The lowest BCUT2D eigenvalue weighted by Crippen LogP contribution is -2.20. The Morgan fingerprint density at radius 2 is 1.93 bits per heavy atom. The Bertz CT molecular complexity index is 1040. The van der Waals surface area contributed by atoms with Crippen molar-refractivity contribution in [3.63, 3.8) is 0 Å². The summed E-state index contributed by atoms with van der Waals surface area (Å²) in [5, 5.41) is 6.21. The molecule has 0 aliphatic carbocycles. The number of rotatable bonds is 5. The molecule has 6 nitrogen and oxygen atoms in total. The number of carbonyl (C=O) groups excluding carboxylic acids is 1. The zero-order chi connectivity index (χ0) is 20.4. The first kappa shape index (κ1) is 22.0. The highest BCUT2D eigenvalue weighted by Crippen LogP contribution is 2.31. The third-order valence-corrected chi connectivity index (χ3v) is 5.05. The van der Waals surface area contributed by atoms with Crippen molar-refractivity contribution in [2.75, 3.05) is 18.4 Å². The van der Waals surface area contributed by atoms with Gasteiger partial charge >= 0.3 is 0 Å². The summed E-state index contributed by atoms with van der Waals surface area (Å²) in [4.78, 5) is 16.4. The van der Waals surface area contributed by atoms with Gasteiger partial charge in [-0.2, -0.15) is 4.37 Å². The van der Waals surface area contributed by atoms with Gasteiger partial charge in [0.2, 0.25) is 5.06 Å². The Morgan fingerprint density at radius 1 is 1.17 bits per heavy atom. The monoisotopic (exact) mass is 456 g/mol. The van der Waals surface area contributed by atoms with E-state index in [0.717, 1.165) is 54.8 Å². The van der Waals surface area contributed by atoms with Gasteiger partial charge in [-0.25, -0.2) is 18.2 Å². The van der Waals surface area contributed by atoms with E-state index in [1.54, 1.807) is 0 Å². The quantitative estimate of drug-likeness (QED) is 0.606. The van der Waals surface area contributed by atoms with Gasteiger partial charge in [-0.3, -0.25) is 4.79 Å². The summed E-state index contributed by atoms with van der Waals surface area (Å²) in [6.45, 7) is 1.54. The Kier molecular flexibility index (Phi) is 6.91. The molecule has 0 bridgehead atoms. The number of hydrogen-bond donors (Lipinski definition) is 2. The second-order valence-corrected chi connectivity index (χ2v) is 7.10. The first-order valence-electron chi connectivity index (χ1n) is 8.77. The maximum absolute atomic E-state index is 14.2. The largest absolute Gasteiger partial charge is 0.477 e. The summed E-state index contributed by atoms with van der Waals surface area (Å²) in [6, 6.07) is 5.22. The SMILES string of the molecule is Cl.O=C(Nc1cnsc1OC1CCNC1)c1ccc(F)c(-c2c(F)cccc2F)n1. The number of nitrogens with zero attached hydrogens (tertiary/aromatic N) is 2. The average Bonchev–Trinajstić information content (AvgIpc) is 3.36. The van der Waals surface area contributed by atoms with Crippen LogP contribution in [-0.2, 0) is 0 Å².